The molecule has 0 unspecified atom stereocenters. The lowest BCUT2D eigenvalue weighted by Crippen LogP contribution is -2.50. The lowest BCUT2D eigenvalue weighted by Gasteiger charge is -2.40. The van der Waals surface area contributed by atoms with E-state index in [9.17, 15) is 10.1 Å². The zero-order chi connectivity index (χ0) is 12.0. The molecule has 1 aliphatic carbocycles. The number of nitrogens with zero attached hydrogens (tertiary/aromatic N) is 2. The summed E-state index contributed by atoms with van der Waals surface area (Å²) in [5, 5.41) is 9.45. The summed E-state index contributed by atoms with van der Waals surface area (Å²) in [6.07, 6.45) is 4.74. The maximum absolute atomic E-state index is 11.3. The van der Waals surface area contributed by atoms with Crippen molar-refractivity contribution in [1.29, 1.82) is 5.26 Å². The van der Waals surface area contributed by atoms with E-state index in [4.69, 9.17) is 0 Å². The number of carbonyl (C=O) groups excluding carboxylic acids is 1. The molecule has 0 bridgehead atoms. The Kier molecular flexibility index (Phi) is 4.95. The van der Waals surface area contributed by atoms with Crippen LogP contribution in [-0.2, 0) is 4.79 Å². The fourth-order valence-electron chi connectivity index (χ4n) is 2.52. The number of Topliss-reactive ketones (excluding diaryl/α,β-unsaturated/α-hetero) is 1. The van der Waals surface area contributed by atoms with Gasteiger partial charge in [0.1, 0.15) is 11.3 Å². The summed E-state index contributed by atoms with van der Waals surface area (Å²) < 4.78 is 0. The van der Waals surface area contributed by atoms with Gasteiger partial charge in [0.25, 0.3) is 0 Å². The molecule has 3 nitrogen and oxygen atoms in total. The zero-order valence-corrected chi connectivity index (χ0v) is 10.5. The summed E-state index contributed by atoms with van der Waals surface area (Å²) in [6, 6.07) is 2.48. The monoisotopic (exact) mass is 222 g/mol. The first-order valence-electron chi connectivity index (χ1n) is 6.36. The predicted molar refractivity (Wildman–Crippen MR) is 64.0 cm³/mol. The zero-order valence-electron chi connectivity index (χ0n) is 10.5. The van der Waals surface area contributed by atoms with Gasteiger partial charge in [0.05, 0.1) is 6.07 Å². The quantitative estimate of drug-likeness (QED) is 0.718. The number of ketones is 1. The Morgan fingerprint density at radius 2 is 1.75 bits per heavy atom. The van der Waals surface area contributed by atoms with Crippen molar-refractivity contribution in [3.8, 4) is 6.07 Å². The van der Waals surface area contributed by atoms with Crippen LogP contribution in [0.3, 0.4) is 0 Å². The van der Waals surface area contributed by atoms with Gasteiger partial charge in [-0.1, -0.05) is 13.8 Å². The lowest BCUT2D eigenvalue weighted by atomic mass is 9.80. The highest BCUT2D eigenvalue weighted by molar-refractivity contribution is 5.79. The minimum absolute atomic E-state index is 0.318. The van der Waals surface area contributed by atoms with Crippen molar-refractivity contribution in [2.75, 3.05) is 13.1 Å². The van der Waals surface area contributed by atoms with E-state index in [-0.39, 0.29) is 5.54 Å². The molecule has 0 aromatic rings. The first kappa shape index (κ1) is 13.2. The van der Waals surface area contributed by atoms with Crippen molar-refractivity contribution in [3.63, 3.8) is 0 Å². The van der Waals surface area contributed by atoms with E-state index in [2.05, 4.69) is 24.8 Å². The second kappa shape index (κ2) is 6.00. The van der Waals surface area contributed by atoms with Crippen molar-refractivity contribution < 1.29 is 4.79 Å². The van der Waals surface area contributed by atoms with Gasteiger partial charge in [0.2, 0.25) is 0 Å². The minimum atomic E-state index is -0.361. The van der Waals surface area contributed by atoms with Crippen LogP contribution < -0.4 is 0 Å². The highest BCUT2D eigenvalue weighted by Gasteiger charge is 2.39. The number of carbonyl (C=O) groups is 1. The van der Waals surface area contributed by atoms with Gasteiger partial charge in [-0.25, -0.2) is 0 Å². The number of hydrogen-bond acceptors (Lipinski definition) is 3. The molecule has 0 aromatic heterocycles. The Labute approximate surface area is 98.4 Å². The van der Waals surface area contributed by atoms with Crippen molar-refractivity contribution in [1.82, 2.24) is 4.90 Å². The first-order chi connectivity index (χ1) is 7.68. The molecule has 1 saturated carbocycles. The third kappa shape index (κ3) is 2.82. The number of rotatable bonds is 5. The average Bonchev–Trinajstić information content (AvgIpc) is 2.31. The molecule has 3 heteroatoms. The minimum Gasteiger partial charge on any atom is -0.300 e. The molecular weight excluding hydrogens is 200 g/mol. The summed E-state index contributed by atoms with van der Waals surface area (Å²) in [7, 11) is 0. The van der Waals surface area contributed by atoms with Crippen LogP contribution >= 0.6 is 0 Å². The normalized spacial score (nSPS) is 19.8. The molecule has 0 spiro atoms. The van der Waals surface area contributed by atoms with Crippen LogP contribution in [0.15, 0.2) is 0 Å². The predicted octanol–water partition coefficient (Wildman–Crippen LogP) is 2.51. The molecule has 0 aromatic carbocycles. The van der Waals surface area contributed by atoms with E-state index >= 15 is 0 Å². The van der Waals surface area contributed by atoms with Crippen LogP contribution in [0, 0.1) is 11.3 Å². The molecule has 16 heavy (non-hydrogen) atoms. The third-order valence-corrected chi connectivity index (χ3v) is 3.44. The van der Waals surface area contributed by atoms with Gasteiger partial charge in [-0.05, 0) is 38.8 Å². The summed E-state index contributed by atoms with van der Waals surface area (Å²) >= 11 is 0. The standard InChI is InChI=1S/C13H22N2O/c1-3-9-15(10-4-2)13(11-14)7-5-12(16)6-8-13/h3-10H2,1-2H3. The molecule has 0 saturated heterocycles. The van der Waals surface area contributed by atoms with Gasteiger partial charge < -0.3 is 0 Å². The van der Waals surface area contributed by atoms with Gasteiger partial charge in [-0.15, -0.1) is 0 Å². The van der Waals surface area contributed by atoms with Crippen LogP contribution in [0.5, 0.6) is 0 Å². The highest BCUT2D eigenvalue weighted by Crippen LogP contribution is 2.32. The molecular formula is C13H22N2O. The summed E-state index contributed by atoms with van der Waals surface area (Å²) in [6.45, 7) is 6.22. The highest BCUT2D eigenvalue weighted by atomic mass is 16.1. The fraction of sp³-hybridized carbons (Fsp3) is 0.846. The van der Waals surface area contributed by atoms with Crippen LogP contribution in [0.2, 0.25) is 0 Å². The molecule has 0 heterocycles. The molecule has 0 atom stereocenters. The third-order valence-electron chi connectivity index (χ3n) is 3.44. The van der Waals surface area contributed by atoms with Crippen LogP contribution in [0.25, 0.3) is 0 Å². The second-order valence-electron chi connectivity index (χ2n) is 4.67. The van der Waals surface area contributed by atoms with Gasteiger partial charge in [-0.3, -0.25) is 9.69 Å². The number of nitriles is 1. The van der Waals surface area contributed by atoms with Crippen molar-refractivity contribution >= 4 is 5.78 Å². The molecule has 90 valence electrons. The van der Waals surface area contributed by atoms with Crippen LogP contribution in [-0.4, -0.2) is 29.3 Å². The summed E-state index contributed by atoms with van der Waals surface area (Å²) in [4.78, 5) is 13.6. The average molecular weight is 222 g/mol. The molecule has 0 aliphatic heterocycles. The van der Waals surface area contributed by atoms with Gasteiger partial charge in [0.15, 0.2) is 0 Å². The Morgan fingerprint density at radius 3 is 2.12 bits per heavy atom. The van der Waals surface area contributed by atoms with Crippen LogP contribution in [0.1, 0.15) is 52.4 Å². The van der Waals surface area contributed by atoms with Crippen LogP contribution in [0.4, 0.5) is 0 Å². The SMILES string of the molecule is CCCN(CCC)C1(C#N)CCC(=O)CC1. The Morgan fingerprint density at radius 1 is 1.25 bits per heavy atom. The molecule has 0 radical (unpaired) electrons. The largest absolute Gasteiger partial charge is 0.300 e. The van der Waals surface area contributed by atoms with Crippen molar-refractivity contribution in [3.05, 3.63) is 0 Å². The van der Waals surface area contributed by atoms with E-state index < -0.39 is 0 Å². The van der Waals surface area contributed by atoms with Gasteiger partial charge >= 0.3 is 0 Å². The van der Waals surface area contributed by atoms with E-state index in [1.165, 1.54) is 0 Å². The molecule has 1 aliphatic rings. The lowest BCUT2D eigenvalue weighted by molar-refractivity contribution is -0.122. The molecule has 1 rings (SSSR count). The van der Waals surface area contributed by atoms with E-state index in [0.29, 0.717) is 18.6 Å². The summed E-state index contributed by atoms with van der Waals surface area (Å²) in [5.41, 5.74) is -0.361. The first-order valence-corrected chi connectivity index (χ1v) is 6.36. The maximum Gasteiger partial charge on any atom is 0.133 e. The second-order valence-corrected chi connectivity index (χ2v) is 4.67. The van der Waals surface area contributed by atoms with E-state index in [1.807, 2.05) is 0 Å². The Balaban J connectivity index is 2.76. The van der Waals surface area contributed by atoms with E-state index in [1.54, 1.807) is 0 Å². The summed E-state index contributed by atoms with van der Waals surface area (Å²) in [5.74, 6) is 0.318. The Bertz CT molecular complexity index is 264. The van der Waals surface area contributed by atoms with E-state index in [0.717, 1.165) is 38.8 Å². The topological polar surface area (TPSA) is 44.1 Å². The van der Waals surface area contributed by atoms with Gasteiger partial charge in [0, 0.05) is 12.8 Å². The Hall–Kier alpha value is -0.880. The maximum atomic E-state index is 11.3. The fourth-order valence-corrected chi connectivity index (χ4v) is 2.52. The molecule has 0 amide bonds. The van der Waals surface area contributed by atoms with Gasteiger partial charge in [-0.2, -0.15) is 5.26 Å². The molecule has 1 fully saturated rings. The van der Waals surface area contributed by atoms with Crippen molar-refractivity contribution in [2.45, 2.75) is 57.9 Å². The smallest absolute Gasteiger partial charge is 0.133 e. The van der Waals surface area contributed by atoms with Crippen molar-refractivity contribution in [2.24, 2.45) is 0 Å². The number of hydrogen-bond donors (Lipinski definition) is 0. The molecule has 0 N–H and O–H groups in total.